The van der Waals surface area contributed by atoms with Crippen LogP contribution in [0.25, 0.3) is 11.0 Å². The molecule has 1 aromatic carbocycles. The van der Waals surface area contributed by atoms with Crippen molar-refractivity contribution in [2.24, 2.45) is 0 Å². The van der Waals surface area contributed by atoms with Crippen molar-refractivity contribution in [3.05, 3.63) is 64.9 Å². The molecule has 0 unspecified atom stereocenters. The largest absolute Gasteiger partial charge is 0.350 e. The molecule has 3 heterocycles. The molecule has 0 radical (unpaired) electrons. The number of pyridine rings is 1. The molecule has 180 valence electrons. The van der Waals surface area contributed by atoms with Gasteiger partial charge in [0.1, 0.15) is 11.7 Å². The lowest BCUT2D eigenvalue weighted by atomic mass is 10.0. The highest BCUT2D eigenvalue weighted by molar-refractivity contribution is 6.35. The number of halogens is 1. The number of likely N-dealkylation sites (tertiary alicyclic amines) is 1. The van der Waals surface area contributed by atoms with Crippen molar-refractivity contribution in [1.29, 1.82) is 0 Å². The van der Waals surface area contributed by atoms with Gasteiger partial charge in [0.15, 0.2) is 0 Å². The summed E-state index contributed by atoms with van der Waals surface area (Å²) < 4.78 is 0. The van der Waals surface area contributed by atoms with Gasteiger partial charge in [-0.25, -0.2) is 4.98 Å². The van der Waals surface area contributed by atoms with Gasteiger partial charge in [-0.05, 0) is 42.9 Å². The summed E-state index contributed by atoms with van der Waals surface area (Å²) in [6.07, 6.45) is 6.41. The van der Waals surface area contributed by atoms with Crippen LogP contribution in [0, 0.1) is 0 Å². The Morgan fingerprint density at radius 3 is 2.79 bits per heavy atom. The first-order valence-corrected chi connectivity index (χ1v) is 12.3. The molecule has 0 bridgehead atoms. The molecule has 0 spiro atoms. The topological polar surface area (TPSA) is 90.1 Å². The van der Waals surface area contributed by atoms with Gasteiger partial charge in [0.25, 0.3) is 0 Å². The van der Waals surface area contributed by atoms with Crippen LogP contribution in [-0.4, -0.2) is 51.4 Å². The second kappa shape index (κ2) is 11.0. The van der Waals surface area contributed by atoms with E-state index in [1.807, 2.05) is 38.1 Å². The summed E-state index contributed by atoms with van der Waals surface area (Å²) in [4.78, 5) is 35.7. The summed E-state index contributed by atoms with van der Waals surface area (Å²) in [5.74, 6) is -0.123. The molecule has 2 amide bonds. The summed E-state index contributed by atoms with van der Waals surface area (Å²) in [6, 6.07) is 11.5. The number of benzene rings is 1. The second-order valence-corrected chi connectivity index (χ2v) is 9.59. The van der Waals surface area contributed by atoms with Crippen molar-refractivity contribution >= 4 is 34.4 Å². The van der Waals surface area contributed by atoms with E-state index >= 15 is 0 Å². The van der Waals surface area contributed by atoms with Crippen LogP contribution in [0.1, 0.15) is 44.2 Å². The number of carbonyl (C=O) groups excluding carboxylic acids is 2. The Morgan fingerprint density at radius 2 is 2.03 bits per heavy atom. The Labute approximate surface area is 205 Å². The molecule has 2 atom stereocenters. The van der Waals surface area contributed by atoms with Gasteiger partial charge in [-0.1, -0.05) is 55.8 Å². The predicted octanol–water partition coefficient (Wildman–Crippen LogP) is 3.82. The zero-order valence-electron chi connectivity index (χ0n) is 19.7. The van der Waals surface area contributed by atoms with E-state index in [0.29, 0.717) is 36.6 Å². The maximum atomic E-state index is 13.5. The number of aromatic amines is 1. The summed E-state index contributed by atoms with van der Waals surface area (Å²) >= 11 is 6.19. The van der Waals surface area contributed by atoms with Gasteiger partial charge in [-0.3, -0.25) is 9.59 Å². The molecule has 8 heteroatoms. The molecular formula is C26H32ClN5O2. The highest BCUT2D eigenvalue weighted by atomic mass is 35.5. The standard InChI is InChI=1S/C26H32ClN5O2/c1-17(2)31-22(11-10-18-7-4-3-5-8-18)26(34)32-12-6-9-23(32)25(33)30-15-19-13-20-21(27)16-29-24(20)28-14-19/h3-5,7-8,13-14,16-17,22-23,31H,6,9-12,15H2,1-2H3,(H,28,29)(H,30,33)/t22-,23+/m1/s1. The number of fused-ring (bicyclic) bond motifs is 1. The van der Waals surface area contributed by atoms with Crippen molar-refractivity contribution < 1.29 is 9.59 Å². The van der Waals surface area contributed by atoms with Gasteiger partial charge in [0.2, 0.25) is 11.8 Å². The maximum absolute atomic E-state index is 13.5. The van der Waals surface area contributed by atoms with Crippen molar-refractivity contribution in [2.45, 2.75) is 64.2 Å². The lowest BCUT2D eigenvalue weighted by molar-refractivity contribution is -0.140. The first-order valence-electron chi connectivity index (χ1n) is 11.9. The van der Waals surface area contributed by atoms with Crippen LogP contribution in [0.3, 0.4) is 0 Å². The Hall–Kier alpha value is -2.90. The summed E-state index contributed by atoms with van der Waals surface area (Å²) in [5.41, 5.74) is 2.78. The molecule has 7 nitrogen and oxygen atoms in total. The first-order chi connectivity index (χ1) is 16.4. The van der Waals surface area contributed by atoms with Crippen LogP contribution in [0.2, 0.25) is 5.02 Å². The number of hydrogen-bond donors (Lipinski definition) is 3. The van der Waals surface area contributed by atoms with E-state index in [2.05, 4.69) is 32.7 Å². The van der Waals surface area contributed by atoms with E-state index in [1.54, 1.807) is 17.3 Å². The van der Waals surface area contributed by atoms with Crippen LogP contribution >= 0.6 is 11.6 Å². The van der Waals surface area contributed by atoms with Crippen LogP contribution in [0.4, 0.5) is 0 Å². The lowest BCUT2D eigenvalue weighted by Crippen LogP contribution is -2.53. The molecule has 3 aromatic rings. The van der Waals surface area contributed by atoms with Crippen molar-refractivity contribution in [3.8, 4) is 0 Å². The Balaban J connectivity index is 1.39. The van der Waals surface area contributed by atoms with Gasteiger partial charge in [0.05, 0.1) is 11.1 Å². The van der Waals surface area contributed by atoms with Crippen LogP contribution in [-0.2, 0) is 22.6 Å². The minimum Gasteiger partial charge on any atom is -0.350 e. The molecule has 1 fully saturated rings. The number of nitrogens with zero attached hydrogens (tertiary/aromatic N) is 2. The van der Waals surface area contributed by atoms with Gasteiger partial charge in [-0.15, -0.1) is 0 Å². The molecule has 4 rings (SSSR count). The zero-order chi connectivity index (χ0) is 24.1. The quantitative estimate of drug-likeness (QED) is 0.433. The van der Waals surface area contributed by atoms with E-state index < -0.39 is 6.04 Å². The van der Waals surface area contributed by atoms with Crippen LogP contribution < -0.4 is 10.6 Å². The molecule has 3 N–H and O–H groups in total. The monoisotopic (exact) mass is 481 g/mol. The number of amides is 2. The third-order valence-electron chi connectivity index (χ3n) is 6.24. The smallest absolute Gasteiger partial charge is 0.243 e. The van der Waals surface area contributed by atoms with Gasteiger partial charge in [0, 0.05) is 36.9 Å². The molecule has 0 saturated carbocycles. The fraction of sp³-hybridized carbons (Fsp3) is 0.423. The molecule has 34 heavy (non-hydrogen) atoms. The minimum absolute atomic E-state index is 0.00414. The maximum Gasteiger partial charge on any atom is 0.243 e. The average molecular weight is 482 g/mol. The Morgan fingerprint density at radius 1 is 1.24 bits per heavy atom. The number of nitrogens with one attached hydrogen (secondary N) is 3. The molecule has 1 saturated heterocycles. The van der Waals surface area contributed by atoms with Crippen molar-refractivity contribution in [2.75, 3.05) is 6.54 Å². The normalized spacial score (nSPS) is 16.8. The molecule has 1 aliphatic rings. The molecular weight excluding hydrogens is 450 g/mol. The fourth-order valence-corrected chi connectivity index (χ4v) is 4.76. The number of rotatable bonds is 9. The van der Waals surface area contributed by atoms with Crippen LogP contribution in [0.5, 0.6) is 0 Å². The number of aromatic nitrogens is 2. The zero-order valence-corrected chi connectivity index (χ0v) is 20.4. The van der Waals surface area contributed by atoms with Crippen molar-refractivity contribution in [1.82, 2.24) is 25.5 Å². The highest BCUT2D eigenvalue weighted by Gasteiger charge is 2.37. The van der Waals surface area contributed by atoms with Gasteiger partial charge >= 0.3 is 0 Å². The van der Waals surface area contributed by atoms with E-state index in [9.17, 15) is 9.59 Å². The second-order valence-electron chi connectivity index (χ2n) is 9.18. The van der Waals surface area contributed by atoms with E-state index in [-0.39, 0.29) is 23.9 Å². The van der Waals surface area contributed by atoms with Crippen LogP contribution in [0.15, 0.2) is 48.8 Å². The molecule has 2 aromatic heterocycles. The van der Waals surface area contributed by atoms with E-state index in [4.69, 9.17) is 11.6 Å². The number of aryl methyl sites for hydroxylation is 1. The summed E-state index contributed by atoms with van der Waals surface area (Å²) in [5, 5.41) is 7.84. The third-order valence-corrected chi connectivity index (χ3v) is 6.55. The predicted molar refractivity (Wildman–Crippen MR) is 135 cm³/mol. The fourth-order valence-electron chi connectivity index (χ4n) is 4.56. The highest BCUT2D eigenvalue weighted by Crippen LogP contribution is 2.23. The van der Waals surface area contributed by atoms with Gasteiger partial charge < -0.3 is 20.5 Å². The third kappa shape index (κ3) is 5.77. The SMILES string of the molecule is CC(C)N[C@H](CCc1ccccc1)C(=O)N1CCC[C@H]1C(=O)NCc1cnc2[nH]cc(Cl)c2c1. The summed E-state index contributed by atoms with van der Waals surface area (Å²) in [6.45, 7) is 5.02. The summed E-state index contributed by atoms with van der Waals surface area (Å²) in [7, 11) is 0. The first kappa shape index (κ1) is 24.2. The average Bonchev–Trinajstić information content (AvgIpc) is 3.47. The van der Waals surface area contributed by atoms with E-state index in [1.165, 1.54) is 5.56 Å². The minimum atomic E-state index is -0.451. The van der Waals surface area contributed by atoms with Crippen molar-refractivity contribution in [3.63, 3.8) is 0 Å². The Kier molecular flexibility index (Phi) is 7.85. The Bertz CT molecular complexity index is 1130. The molecule has 1 aliphatic heterocycles. The van der Waals surface area contributed by atoms with Gasteiger partial charge in [-0.2, -0.15) is 0 Å². The number of hydrogen-bond acceptors (Lipinski definition) is 4. The lowest BCUT2D eigenvalue weighted by Gasteiger charge is -2.30. The number of H-pyrrole nitrogens is 1. The van der Waals surface area contributed by atoms with E-state index in [0.717, 1.165) is 23.8 Å². The molecule has 0 aliphatic carbocycles. The number of carbonyl (C=O) groups is 2.